The highest BCUT2D eigenvalue weighted by atomic mass is 32.2. The number of carbonyl (C=O) groups is 2. The molecule has 2 rings (SSSR count). The molecular formula is C22H27NO5S. The second kappa shape index (κ2) is 11.4. The fourth-order valence-electron chi connectivity index (χ4n) is 2.71. The molecule has 0 radical (unpaired) electrons. The molecule has 0 aromatic heterocycles. The summed E-state index contributed by atoms with van der Waals surface area (Å²) in [4.78, 5) is 27.1. The van der Waals surface area contributed by atoms with Crippen LogP contribution in [0.1, 0.15) is 18.1 Å². The Morgan fingerprint density at radius 3 is 2.41 bits per heavy atom. The molecule has 0 bridgehead atoms. The lowest BCUT2D eigenvalue weighted by Gasteiger charge is -2.21. The Morgan fingerprint density at radius 2 is 1.76 bits per heavy atom. The van der Waals surface area contributed by atoms with Crippen molar-refractivity contribution < 1.29 is 23.8 Å². The van der Waals surface area contributed by atoms with Crippen molar-refractivity contribution in [3.05, 3.63) is 53.6 Å². The first-order valence-electron chi connectivity index (χ1n) is 9.31. The first kappa shape index (κ1) is 22.6. The van der Waals surface area contributed by atoms with Crippen LogP contribution in [-0.4, -0.2) is 49.9 Å². The lowest BCUT2D eigenvalue weighted by Crippen LogP contribution is -2.34. The maximum Gasteiger partial charge on any atom is 0.316 e. The molecule has 29 heavy (non-hydrogen) atoms. The molecule has 0 saturated heterocycles. The Bertz CT molecular complexity index is 840. The largest absolute Gasteiger partial charge is 0.493 e. The highest BCUT2D eigenvalue weighted by Gasteiger charge is 2.16. The van der Waals surface area contributed by atoms with Gasteiger partial charge in [0.2, 0.25) is 0 Å². The summed E-state index contributed by atoms with van der Waals surface area (Å²) in [6, 6.07) is 13.3. The van der Waals surface area contributed by atoms with Gasteiger partial charge in [-0.1, -0.05) is 24.3 Å². The van der Waals surface area contributed by atoms with Crippen molar-refractivity contribution in [1.29, 1.82) is 0 Å². The minimum atomic E-state index is -0.409. The van der Waals surface area contributed by atoms with E-state index in [-0.39, 0.29) is 18.3 Å². The van der Waals surface area contributed by atoms with E-state index >= 15 is 0 Å². The summed E-state index contributed by atoms with van der Waals surface area (Å²) in [6.45, 7) is 4.50. The molecule has 1 amide bonds. The summed E-state index contributed by atoms with van der Waals surface area (Å²) >= 11 is 1.41. The first-order chi connectivity index (χ1) is 14.0. The highest BCUT2D eigenvalue weighted by molar-refractivity contribution is 8.00. The number of hydrogen-bond acceptors (Lipinski definition) is 6. The molecule has 156 valence electrons. The van der Waals surface area contributed by atoms with E-state index in [1.807, 2.05) is 50.2 Å². The summed E-state index contributed by atoms with van der Waals surface area (Å²) in [5.74, 6) is 0.754. The zero-order valence-corrected chi connectivity index (χ0v) is 18.1. The van der Waals surface area contributed by atoms with Gasteiger partial charge in [0, 0.05) is 18.0 Å². The van der Waals surface area contributed by atoms with Crippen LogP contribution >= 0.6 is 11.8 Å². The SMILES string of the molecule is CCN(Cc1ccc(OC)c(OC)c1)C(=O)COC(=O)CSc1ccccc1C. The van der Waals surface area contributed by atoms with E-state index in [4.69, 9.17) is 14.2 Å². The van der Waals surface area contributed by atoms with Crippen molar-refractivity contribution in [2.45, 2.75) is 25.3 Å². The van der Waals surface area contributed by atoms with E-state index in [9.17, 15) is 9.59 Å². The Labute approximate surface area is 176 Å². The first-order valence-corrected chi connectivity index (χ1v) is 10.3. The molecule has 0 aliphatic heterocycles. The van der Waals surface area contributed by atoms with Crippen molar-refractivity contribution in [2.24, 2.45) is 0 Å². The third-order valence-corrected chi connectivity index (χ3v) is 5.50. The van der Waals surface area contributed by atoms with Gasteiger partial charge >= 0.3 is 5.97 Å². The minimum Gasteiger partial charge on any atom is -0.493 e. The van der Waals surface area contributed by atoms with E-state index in [2.05, 4.69) is 0 Å². The van der Waals surface area contributed by atoms with Gasteiger partial charge in [-0.15, -0.1) is 11.8 Å². The standard InChI is InChI=1S/C22H27NO5S/c1-5-23(13-17-10-11-18(26-3)19(12-17)27-4)21(24)14-28-22(25)15-29-20-9-7-6-8-16(20)2/h6-12H,5,13-15H2,1-4H3. The van der Waals surface area contributed by atoms with E-state index in [1.165, 1.54) is 11.8 Å². The summed E-state index contributed by atoms with van der Waals surface area (Å²) < 4.78 is 15.7. The zero-order chi connectivity index (χ0) is 21.2. The normalized spacial score (nSPS) is 10.3. The summed E-state index contributed by atoms with van der Waals surface area (Å²) in [7, 11) is 3.14. The van der Waals surface area contributed by atoms with Crippen LogP contribution in [0.2, 0.25) is 0 Å². The monoisotopic (exact) mass is 417 g/mol. The van der Waals surface area contributed by atoms with Gasteiger partial charge in [-0.05, 0) is 43.2 Å². The van der Waals surface area contributed by atoms with Gasteiger partial charge in [0.25, 0.3) is 5.91 Å². The fraction of sp³-hybridized carbons (Fsp3) is 0.364. The average Bonchev–Trinajstić information content (AvgIpc) is 2.74. The molecular weight excluding hydrogens is 390 g/mol. The number of thioether (sulfide) groups is 1. The molecule has 0 fully saturated rings. The van der Waals surface area contributed by atoms with Crippen molar-refractivity contribution in [2.75, 3.05) is 33.1 Å². The number of ether oxygens (including phenoxy) is 3. The quantitative estimate of drug-likeness (QED) is 0.434. The van der Waals surface area contributed by atoms with E-state index in [0.717, 1.165) is 16.0 Å². The van der Waals surface area contributed by atoms with Gasteiger partial charge in [0.1, 0.15) is 0 Å². The molecule has 2 aromatic carbocycles. The predicted octanol–water partition coefficient (Wildman–Crippen LogP) is 3.70. The lowest BCUT2D eigenvalue weighted by atomic mass is 10.2. The van der Waals surface area contributed by atoms with Crippen molar-refractivity contribution in [1.82, 2.24) is 4.90 Å². The Morgan fingerprint density at radius 1 is 1.03 bits per heavy atom. The molecule has 0 unspecified atom stereocenters. The number of nitrogens with zero attached hydrogens (tertiary/aromatic N) is 1. The molecule has 2 aromatic rings. The number of hydrogen-bond donors (Lipinski definition) is 0. The van der Waals surface area contributed by atoms with Crippen LogP contribution in [0, 0.1) is 6.92 Å². The molecule has 7 heteroatoms. The molecule has 0 N–H and O–H groups in total. The van der Waals surface area contributed by atoms with Gasteiger partial charge in [-0.2, -0.15) is 0 Å². The van der Waals surface area contributed by atoms with Crippen LogP contribution < -0.4 is 9.47 Å². The molecule has 0 spiro atoms. The molecule has 0 saturated carbocycles. The van der Waals surface area contributed by atoms with Gasteiger partial charge in [0.15, 0.2) is 18.1 Å². The Hall–Kier alpha value is -2.67. The number of carbonyl (C=O) groups excluding carboxylic acids is 2. The zero-order valence-electron chi connectivity index (χ0n) is 17.3. The smallest absolute Gasteiger partial charge is 0.316 e. The summed E-state index contributed by atoms with van der Waals surface area (Å²) in [5, 5.41) is 0. The Kier molecular flexibility index (Phi) is 8.86. The van der Waals surface area contributed by atoms with Crippen LogP contribution in [0.3, 0.4) is 0 Å². The third kappa shape index (κ3) is 6.71. The van der Waals surface area contributed by atoms with Gasteiger partial charge in [-0.3, -0.25) is 9.59 Å². The fourth-order valence-corrected chi connectivity index (χ4v) is 3.53. The predicted molar refractivity (Wildman–Crippen MR) is 113 cm³/mol. The number of rotatable bonds is 10. The molecule has 0 heterocycles. The number of likely N-dealkylation sites (N-methyl/N-ethyl adjacent to an activating group) is 1. The van der Waals surface area contributed by atoms with Crippen molar-refractivity contribution in [3.8, 4) is 11.5 Å². The van der Waals surface area contributed by atoms with Gasteiger partial charge in [0.05, 0.1) is 20.0 Å². The highest BCUT2D eigenvalue weighted by Crippen LogP contribution is 2.28. The van der Waals surface area contributed by atoms with E-state index in [0.29, 0.717) is 24.6 Å². The van der Waals surface area contributed by atoms with Crippen LogP contribution in [0.5, 0.6) is 11.5 Å². The maximum atomic E-state index is 12.5. The number of methoxy groups -OCH3 is 2. The Balaban J connectivity index is 1.86. The van der Waals surface area contributed by atoms with Crippen LogP contribution in [-0.2, 0) is 20.9 Å². The number of benzene rings is 2. The van der Waals surface area contributed by atoms with Crippen LogP contribution in [0.25, 0.3) is 0 Å². The van der Waals surface area contributed by atoms with Crippen molar-refractivity contribution >= 4 is 23.6 Å². The van der Waals surface area contributed by atoms with E-state index in [1.54, 1.807) is 25.2 Å². The molecule has 6 nitrogen and oxygen atoms in total. The minimum absolute atomic E-state index is 0.167. The second-order valence-electron chi connectivity index (χ2n) is 6.31. The van der Waals surface area contributed by atoms with Crippen LogP contribution in [0.15, 0.2) is 47.4 Å². The maximum absolute atomic E-state index is 12.5. The number of amides is 1. The molecule has 0 aliphatic rings. The third-order valence-electron chi connectivity index (χ3n) is 4.35. The van der Waals surface area contributed by atoms with Crippen molar-refractivity contribution in [3.63, 3.8) is 0 Å². The second-order valence-corrected chi connectivity index (χ2v) is 7.33. The van der Waals surface area contributed by atoms with Crippen LogP contribution in [0.4, 0.5) is 0 Å². The van der Waals surface area contributed by atoms with Gasteiger partial charge < -0.3 is 19.1 Å². The van der Waals surface area contributed by atoms with Gasteiger partial charge in [-0.25, -0.2) is 0 Å². The summed E-state index contributed by atoms with van der Waals surface area (Å²) in [6.07, 6.45) is 0. The molecule has 0 aliphatic carbocycles. The number of esters is 1. The number of aryl methyl sites for hydroxylation is 1. The topological polar surface area (TPSA) is 65.1 Å². The average molecular weight is 418 g/mol. The molecule has 0 atom stereocenters. The van der Waals surface area contributed by atoms with E-state index < -0.39 is 5.97 Å². The lowest BCUT2D eigenvalue weighted by molar-refractivity contribution is -0.150. The summed E-state index contributed by atoms with van der Waals surface area (Å²) in [5.41, 5.74) is 2.01.